The Hall–Kier alpha value is -1.05. The first-order valence-electron chi connectivity index (χ1n) is 6.94. The van der Waals surface area contributed by atoms with Gasteiger partial charge in [-0.3, -0.25) is 4.79 Å². The van der Waals surface area contributed by atoms with Crippen LogP contribution in [0, 0.1) is 6.92 Å². The zero-order chi connectivity index (χ0) is 16.9. The first kappa shape index (κ1) is 17.3. The summed E-state index contributed by atoms with van der Waals surface area (Å²) >= 11 is 1.36. The number of carboxylic acid groups (broad SMARTS) is 1. The minimum atomic E-state index is -3.90. The Morgan fingerprint density at radius 3 is 2.14 bits per heavy atom. The second kappa shape index (κ2) is 5.25. The van der Waals surface area contributed by atoms with Gasteiger partial charge < -0.3 is 5.11 Å². The Morgan fingerprint density at radius 2 is 1.68 bits per heavy atom. The summed E-state index contributed by atoms with van der Waals surface area (Å²) in [5.41, 5.74) is 0.948. The van der Waals surface area contributed by atoms with Crippen LogP contribution in [0.3, 0.4) is 0 Å². The van der Waals surface area contributed by atoms with Crippen LogP contribution in [0.2, 0.25) is 0 Å². The van der Waals surface area contributed by atoms with E-state index in [9.17, 15) is 18.3 Å². The molecule has 7 heteroatoms. The Morgan fingerprint density at radius 1 is 1.18 bits per heavy atom. The fraction of sp³-hybridized carbons (Fsp3) is 0.533. The summed E-state index contributed by atoms with van der Waals surface area (Å²) in [5.74, 6) is -1.13. The number of aliphatic carboxylic acids is 1. The van der Waals surface area contributed by atoms with Crippen LogP contribution in [0.5, 0.6) is 0 Å². The summed E-state index contributed by atoms with van der Waals surface area (Å²) in [4.78, 5) is 11.0. The zero-order valence-corrected chi connectivity index (χ0v) is 15.0. The number of nitrogens with zero attached hydrogens (tertiary/aromatic N) is 1. The highest BCUT2D eigenvalue weighted by Crippen LogP contribution is 2.53. The predicted octanol–water partition coefficient (Wildman–Crippen LogP) is 2.70. The minimum Gasteiger partial charge on any atom is -0.480 e. The molecular weight excluding hydrogens is 322 g/mol. The number of carboxylic acids is 1. The highest BCUT2D eigenvalue weighted by Gasteiger charge is 2.60. The largest absolute Gasteiger partial charge is 0.480 e. The molecule has 0 bridgehead atoms. The van der Waals surface area contributed by atoms with E-state index in [4.69, 9.17) is 0 Å². The van der Waals surface area contributed by atoms with Crippen molar-refractivity contribution in [1.82, 2.24) is 4.31 Å². The van der Waals surface area contributed by atoms with Crippen LogP contribution in [0.25, 0.3) is 0 Å². The second-order valence-electron chi connectivity index (χ2n) is 6.51. The van der Waals surface area contributed by atoms with Crippen LogP contribution in [0.15, 0.2) is 29.2 Å². The van der Waals surface area contributed by atoms with Crippen molar-refractivity contribution in [2.24, 2.45) is 0 Å². The SMILES string of the molecule is Cc1ccc(S(=O)(=O)N2C(C(=O)O)C(C)(C)SC2(C)C)cc1. The molecule has 0 aliphatic carbocycles. The number of hydrogen-bond donors (Lipinski definition) is 1. The van der Waals surface area contributed by atoms with Crippen molar-refractivity contribution < 1.29 is 18.3 Å². The molecule has 1 N–H and O–H groups in total. The van der Waals surface area contributed by atoms with Gasteiger partial charge in [0.1, 0.15) is 6.04 Å². The fourth-order valence-corrected chi connectivity index (χ4v) is 7.18. The predicted molar refractivity (Wildman–Crippen MR) is 87.4 cm³/mol. The van der Waals surface area contributed by atoms with E-state index in [1.54, 1.807) is 39.8 Å². The van der Waals surface area contributed by atoms with Gasteiger partial charge in [0.05, 0.1) is 9.77 Å². The normalized spacial score (nSPS) is 24.3. The molecule has 1 fully saturated rings. The molecule has 1 unspecified atom stereocenters. The Bertz CT molecular complexity index is 693. The molecular formula is C15H21NO4S2. The summed E-state index contributed by atoms with van der Waals surface area (Å²) in [7, 11) is -3.90. The van der Waals surface area contributed by atoms with Crippen LogP contribution in [-0.4, -0.2) is 39.5 Å². The molecule has 1 saturated heterocycles. The third-order valence-corrected chi connectivity index (χ3v) is 7.36. The number of thioether (sulfide) groups is 1. The average molecular weight is 343 g/mol. The van der Waals surface area contributed by atoms with Crippen molar-refractivity contribution in [3.8, 4) is 0 Å². The molecule has 1 aromatic rings. The smallest absolute Gasteiger partial charge is 0.323 e. The molecule has 0 spiro atoms. The van der Waals surface area contributed by atoms with Crippen LogP contribution < -0.4 is 0 Å². The van der Waals surface area contributed by atoms with Crippen LogP contribution in [0.1, 0.15) is 33.3 Å². The summed E-state index contributed by atoms with van der Waals surface area (Å²) in [5, 5.41) is 9.59. The van der Waals surface area contributed by atoms with E-state index in [2.05, 4.69) is 0 Å². The average Bonchev–Trinajstić information content (AvgIpc) is 2.54. The van der Waals surface area contributed by atoms with Gasteiger partial charge in [0.25, 0.3) is 0 Å². The molecule has 0 amide bonds. The number of hydrogen-bond acceptors (Lipinski definition) is 4. The Kier molecular flexibility index (Phi) is 4.13. The third-order valence-electron chi connectivity index (χ3n) is 3.75. The lowest BCUT2D eigenvalue weighted by Gasteiger charge is -2.32. The van der Waals surface area contributed by atoms with E-state index < -0.39 is 31.7 Å². The first-order chi connectivity index (χ1) is 9.89. The molecule has 1 aromatic carbocycles. The van der Waals surface area contributed by atoms with E-state index in [0.717, 1.165) is 9.87 Å². The number of benzene rings is 1. The van der Waals surface area contributed by atoms with E-state index in [1.807, 2.05) is 6.92 Å². The Balaban J connectivity index is 2.61. The molecule has 1 heterocycles. The maximum atomic E-state index is 13.0. The van der Waals surface area contributed by atoms with E-state index in [0.29, 0.717) is 0 Å². The standard InChI is InChI=1S/C15H21NO4S2/c1-10-6-8-11(9-7-10)22(19,20)16-12(13(17)18)14(2,3)21-15(16,4)5/h6-9,12H,1-5H3,(H,17,18). The molecule has 0 radical (unpaired) electrons. The fourth-order valence-electron chi connectivity index (χ4n) is 2.99. The maximum absolute atomic E-state index is 13.0. The van der Waals surface area contributed by atoms with Gasteiger partial charge in [-0.25, -0.2) is 8.42 Å². The van der Waals surface area contributed by atoms with Gasteiger partial charge in [-0.05, 0) is 46.8 Å². The molecule has 1 aliphatic heterocycles. The summed E-state index contributed by atoms with van der Waals surface area (Å²) in [6.07, 6.45) is 0. The third kappa shape index (κ3) is 2.77. The molecule has 2 rings (SSSR count). The van der Waals surface area contributed by atoms with Crippen molar-refractivity contribution in [2.75, 3.05) is 0 Å². The first-order valence-corrected chi connectivity index (χ1v) is 9.19. The highest BCUT2D eigenvalue weighted by atomic mass is 32.2. The molecule has 0 saturated carbocycles. The van der Waals surface area contributed by atoms with Crippen molar-refractivity contribution in [3.05, 3.63) is 29.8 Å². The molecule has 0 aromatic heterocycles. The van der Waals surface area contributed by atoms with Crippen molar-refractivity contribution in [3.63, 3.8) is 0 Å². The second-order valence-corrected chi connectivity index (χ2v) is 10.6. The Labute approximate surface area is 135 Å². The van der Waals surface area contributed by atoms with Gasteiger partial charge in [0, 0.05) is 4.75 Å². The van der Waals surface area contributed by atoms with Crippen LogP contribution in [0.4, 0.5) is 0 Å². The summed E-state index contributed by atoms with van der Waals surface area (Å²) in [6, 6.07) is 5.36. The molecule has 22 heavy (non-hydrogen) atoms. The van der Waals surface area contributed by atoms with Gasteiger partial charge in [0.15, 0.2) is 0 Å². The highest BCUT2D eigenvalue weighted by molar-refractivity contribution is 8.03. The monoisotopic (exact) mass is 343 g/mol. The van der Waals surface area contributed by atoms with Gasteiger partial charge in [-0.15, -0.1) is 11.8 Å². The van der Waals surface area contributed by atoms with Gasteiger partial charge >= 0.3 is 5.97 Å². The van der Waals surface area contributed by atoms with Crippen molar-refractivity contribution >= 4 is 27.8 Å². The van der Waals surface area contributed by atoms with Gasteiger partial charge in [-0.1, -0.05) is 17.7 Å². The summed E-state index contributed by atoms with van der Waals surface area (Å²) in [6.45, 7) is 8.89. The van der Waals surface area contributed by atoms with Gasteiger partial charge in [-0.2, -0.15) is 4.31 Å². The van der Waals surface area contributed by atoms with Crippen molar-refractivity contribution in [2.45, 2.75) is 55.2 Å². The number of aryl methyl sites for hydroxylation is 1. The molecule has 1 aliphatic rings. The number of carbonyl (C=O) groups is 1. The van der Waals surface area contributed by atoms with E-state index in [1.165, 1.54) is 23.9 Å². The lowest BCUT2D eigenvalue weighted by molar-refractivity contribution is -0.142. The molecule has 122 valence electrons. The van der Waals surface area contributed by atoms with E-state index >= 15 is 0 Å². The quantitative estimate of drug-likeness (QED) is 0.913. The number of rotatable bonds is 3. The minimum absolute atomic E-state index is 0.121. The molecule has 1 atom stereocenters. The zero-order valence-electron chi connectivity index (χ0n) is 13.3. The number of sulfonamides is 1. The van der Waals surface area contributed by atoms with Crippen LogP contribution >= 0.6 is 11.8 Å². The topological polar surface area (TPSA) is 74.7 Å². The lowest BCUT2D eigenvalue weighted by atomic mass is 10.0. The summed E-state index contributed by atoms with van der Waals surface area (Å²) < 4.78 is 26.4. The molecule has 5 nitrogen and oxygen atoms in total. The van der Waals surface area contributed by atoms with Gasteiger partial charge in [0.2, 0.25) is 10.0 Å². The van der Waals surface area contributed by atoms with Crippen LogP contribution in [-0.2, 0) is 14.8 Å². The maximum Gasteiger partial charge on any atom is 0.323 e. The van der Waals surface area contributed by atoms with E-state index in [-0.39, 0.29) is 4.90 Å². The lowest BCUT2D eigenvalue weighted by Crippen LogP contribution is -2.52. The van der Waals surface area contributed by atoms with Crippen molar-refractivity contribution in [1.29, 1.82) is 0 Å².